The van der Waals surface area contributed by atoms with E-state index in [9.17, 15) is 14.4 Å². The molecule has 2 aromatic heterocycles. The Hall–Kier alpha value is -3.87. The summed E-state index contributed by atoms with van der Waals surface area (Å²) in [6, 6.07) is 13.9. The van der Waals surface area contributed by atoms with Crippen LogP contribution in [0.5, 0.6) is 0 Å². The van der Waals surface area contributed by atoms with E-state index < -0.39 is 17.0 Å². The second-order valence-corrected chi connectivity index (χ2v) is 7.85. The maximum atomic E-state index is 13.1. The first-order valence-corrected chi connectivity index (χ1v) is 11.0. The van der Waals surface area contributed by atoms with Gasteiger partial charge in [-0.1, -0.05) is 0 Å². The highest BCUT2D eigenvalue weighted by molar-refractivity contribution is 6.10. The van der Waals surface area contributed by atoms with Gasteiger partial charge in [-0.2, -0.15) is 0 Å². The number of rotatable bonds is 7. The van der Waals surface area contributed by atoms with Crippen molar-refractivity contribution in [3.8, 4) is 0 Å². The zero-order valence-corrected chi connectivity index (χ0v) is 19.2. The summed E-state index contributed by atoms with van der Waals surface area (Å²) >= 11 is 0. The highest BCUT2D eigenvalue weighted by Crippen LogP contribution is 2.24. The molecule has 0 N–H and O–H groups in total. The predicted octanol–water partition coefficient (Wildman–Crippen LogP) is 4.43. The van der Waals surface area contributed by atoms with Crippen molar-refractivity contribution in [1.82, 2.24) is 0 Å². The lowest BCUT2D eigenvalue weighted by atomic mass is 10.0. The molecule has 2 heterocycles. The number of anilines is 2. The number of hydrogen-bond donors (Lipinski definition) is 0. The van der Waals surface area contributed by atoms with Gasteiger partial charge in [0, 0.05) is 61.0 Å². The Morgan fingerprint density at radius 2 is 1.21 bits per heavy atom. The maximum absolute atomic E-state index is 13.1. The van der Waals surface area contributed by atoms with Gasteiger partial charge in [0.2, 0.25) is 5.78 Å². The van der Waals surface area contributed by atoms with Gasteiger partial charge in [0.05, 0.1) is 0 Å². The van der Waals surface area contributed by atoms with Crippen molar-refractivity contribution in [3.63, 3.8) is 0 Å². The number of nitrogens with zero attached hydrogens (tertiary/aromatic N) is 2. The zero-order chi connectivity index (χ0) is 23.7. The minimum atomic E-state index is -0.792. The highest BCUT2D eigenvalue weighted by atomic mass is 16.4. The lowest BCUT2D eigenvalue weighted by Crippen LogP contribution is -2.22. The Bertz CT molecular complexity index is 1460. The Labute approximate surface area is 190 Å². The lowest BCUT2D eigenvalue weighted by Gasteiger charge is -2.20. The molecule has 0 fully saturated rings. The molecule has 0 radical (unpaired) electrons. The van der Waals surface area contributed by atoms with Gasteiger partial charge in [-0.05, 0) is 57.2 Å². The first-order valence-electron chi connectivity index (χ1n) is 11.0. The third kappa shape index (κ3) is 4.14. The number of fused-ring (bicyclic) bond motifs is 2. The quantitative estimate of drug-likeness (QED) is 0.307. The van der Waals surface area contributed by atoms with Gasteiger partial charge in [0.15, 0.2) is 0 Å². The number of ketones is 1. The van der Waals surface area contributed by atoms with Gasteiger partial charge in [-0.25, -0.2) is 9.59 Å². The monoisotopic (exact) mass is 446 g/mol. The van der Waals surface area contributed by atoms with Crippen LogP contribution in [0.15, 0.2) is 67.0 Å². The van der Waals surface area contributed by atoms with E-state index in [0.717, 1.165) is 31.0 Å². The Morgan fingerprint density at radius 1 is 0.727 bits per heavy atom. The van der Waals surface area contributed by atoms with Crippen LogP contribution in [0, 0.1) is 0 Å². The highest BCUT2D eigenvalue weighted by Gasteiger charge is 2.21. The van der Waals surface area contributed by atoms with Gasteiger partial charge in [0.25, 0.3) is 0 Å². The molecule has 4 aromatic rings. The van der Waals surface area contributed by atoms with Crippen LogP contribution in [-0.4, -0.2) is 32.5 Å². The number of benzene rings is 2. The summed E-state index contributed by atoms with van der Waals surface area (Å²) < 4.78 is 10.9. The van der Waals surface area contributed by atoms with E-state index in [1.54, 1.807) is 24.3 Å². The van der Waals surface area contributed by atoms with Gasteiger partial charge < -0.3 is 18.6 Å². The molecule has 0 saturated heterocycles. The van der Waals surface area contributed by atoms with Crippen molar-refractivity contribution in [2.75, 3.05) is 36.5 Å². The predicted molar refractivity (Wildman–Crippen MR) is 131 cm³/mol. The number of carbonyl (C=O) groups excluding carboxylic acids is 1. The fraction of sp³-hybridized carbons (Fsp3) is 0.269. The number of carbonyl (C=O) groups is 1. The summed E-state index contributed by atoms with van der Waals surface area (Å²) in [5.41, 5.74) is 0.605. The fourth-order valence-corrected chi connectivity index (χ4v) is 3.87. The summed E-state index contributed by atoms with van der Waals surface area (Å²) in [5.74, 6) is -0.719. The average molecular weight is 447 g/mol. The van der Waals surface area contributed by atoms with Crippen LogP contribution in [0.3, 0.4) is 0 Å². The van der Waals surface area contributed by atoms with Crippen LogP contribution in [0.4, 0.5) is 11.4 Å². The molecule has 0 saturated carbocycles. The average Bonchev–Trinajstić information content (AvgIpc) is 2.82. The molecule has 4 rings (SSSR count). The molecule has 0 atom stereocenters. The third-order valence-electron chi connectivity index (χ3n) is 5.97. The Kier molecular flexibility index (Phi) is 6.05. The largest absolute Gasteiger partial charge is 0.422 e. The van der Waals surface area contributed by atoms with E-state index in [1.165, 1.54) is 12.1 Å². The molecule has 0 spiro atoms. The summed E-state index contributed by atoms with van der Waals surface area (Å²) in [6.45, 7) is 8.53. The second-order valence-electron chi connectivity index (χ2n) is 7.85. The topological polar surface area (TPSA) is 84.0 Å². The molecule has 0 aliphatic heterocycles. The van der Waals surface area contributed by atoms with E-state index in [-0.39, 0.29) is 11.1 Å². The summed E-state index contributed by atoms with van der Waals surface area (Å²) in [4.78, 5) is 42.5. The molecule has 33 heavy (non-hydrogen) atoms. The van der Waals surface area contributed by atoms with Gasteiger partial charge in [-0.15, -0.1) is 0 Å². The van der Waals surface area contributed by atoms with Crippen LogP contribution in [0.1, 0.15) is 36.7 Å². The standard InChI is InChI=1S/C26H26N2O5/c1-5-27(4)18-10-8-16-12-20(25(30)32-22(16)14-18)24(29)21-13-17-9-11-19(28(6-2)7-3)15-23(17)33-26(21)31/h8-15H,5-7H2,1-4H3. The first-order chi connectivity index (χ1) is 15.9. The second kappa shape index (κ2) is 8.94. The molecule has 0 aliphatic carbocycles. The molecule has 7 heteroatoms. The summed E-state index contributed by atoms with van der Waals surface area (Å²) in [7, 11) is 1.93. The van der Waals surface area contributed by atoms with Crippen LogP contribution in [0.25, 0.3) is 21.9 Å². The third-order valence-corrected chi connectivity index (χ3v) is 5.97. The molecule has 0 aliphatic rings. The minimum absolute atomic E-state index is 0.202. The molecule has 170 valence electrons. The van der Waals surface area contributed by atoms with Crippen molar-refractivity contribution in [2.45, 2.75) is 20.8 Å². The van der Waals surface area contributed by atoms with Gasteiger partial charge >= 0.3 is 11.3 Å². The van der Waals surface area contributed by atoms with Crippen LogP contribution >= 0.6 is 0 Å². The van der Waals surface area contributed by atoms with Crippen molar-refractivity contribution in [2.24, 2.45) is 0 Å². The molecule has 0 unspecified atom stereocenters. The molecule has 2 aromatic carbocycles. The summed E-state index contributed by atoms with van der Waals surface area (Å²) in [5, 5.41) is 1.20. The molecular weight excluding hydrogens is 420 g/mol. The molecule has 0 amide bonds. The van der Waals surface area contributed by atoms with Gasteiger partial charge in [0.1, 0.15) is 22.3 Å². The maximum Gasteiger partial charge on any atom is 0.347 e. The van der Waals surface area contributed by atoms with E-state index in [0.29, 0.717) is 21.9 Å². The first kappa shape index (κ1) is 22.3. The van der Waals surface area contributed by atoms with E-state index in [1.807, 2.05) is 44.9 Å². The minimum Gasteiger partial charge on any atom is -0.422 e. The molecular formula is C26H26N2O5. The van der Waals surface area contributed by atoms with Crippen molar-refractivity contribution in [1.29, 1.82) is 0 Å². The zero-order valence-electron chi connectivity index (χ0n) is 19.2. The van der Waals surface area contributed by atoms with E-state index in [2.05, 4.69) is 4.90 Å². The molecule has 0 bridgehead atoms. The van der Waals surface area contributed by atoms with Gasteiger partial charge in [-0.3, -0.25) is 4.79 Å². The Morgan fingerprint density at radius 3 is 1.70 bits per heavy atom. The SMILES string of the molecule is CCN(C)c1ccc2cc(C(=O)c3cc4ccc(N(CC)CC)cc4oc3=O)c(=O)oc2c1. The summed E-state index contributed by atoms with van der Waals surface area (Å²) in [6.07, 6.45) is 0. The van der Waals surface area contributed by atoms with Crippen LogP contribution < -0.4 is 21.1 Å². The lowest BCUT2D eigenvalue weighted by molar-refractivity contribution is 0.103. The Balaban J connectivity index is 1.76. The molecule has 7 nitrogen and oxygen atoms in total. The fourth-order valence-electron chi connectivity index (χ4n) is 3.87. The smallest absolute Gasteiger partial charge is 0.347 e. The number of hydrogen-bond acceptors (Lipinski definition) is 7. The van der Waals surface area contributed by atoms with Crippen LogP contribution in [-0.2, 0) is 0 Å². The van der Waals surface area contributed by atoms with E-state index >= 15 is 0 Å². The van der Waals surface area contributed by atoms with Crippen molar-refractivity contribution < 1.29 is 13.6 Å². The normalized spacial score (nSPS) is 11.2. The van der Waals surface area contributed by atoms with E-state index in [4.69, 9.17) is 8.83 Å². The van der Waals surface area contributed by atoms with Crippen molar-refractivity contribution >= 4 is 39.1 Å². The van der Waals surface area contributed by atoms with Crippen LogP contribution in [0.2, 0.25) is 0 Å². The van der Waals surface area contributed by atoms with Crippen molar-refractivity contribution in [3.05, 3.63) is 80.5 Å².